The number of pyridine rings is 2. The van der Waals surface area contributed by atoms with E-state index in [1.54, 1.807) is 0 Å². The van der Waals surface area contributed by atoms with Crippen molar-refractivity contribution in [2.24, 2.45) is 0 Å². The maximum Gasteiger partial charge on any atom is 0.0853 e. The number of halogens is 1. The van der Waals surface area contributed by atoms with Crippen molar-refractivity contribution in [2.75, 3.05) is 0 Å². The van der Waals surface area contributed by atoms with Crippen LogP contribution in [0.3, 0.4) is 0 Å². The van der Waals surface area contributed by atoms with Gasteiger partial charge in [0.1, 0.15) is 0 Å². The van der Waals surface area contributed by atoms with Gasteiger partial charge in [-0.2, -0.15) is 0 Å². The van der Waals surface area contributed by atoms with E-state index in [-0.39, 0.29) is 0 Å². The lowest BCUT2D eigenvalue weighted by molar-refractivity contribution is 1.29. The molecule has 0 radical (unpaired) electrons. The molecule has 4 aromatic heterocycles. The third-order valence-corrected chi connectivity index (χ3v) is 8.23. The van der Waals surface area contributed by atoms with E-state index in [1.165, 1.54) is 76.2 Å². The Kier molecular flexibility index (Phi) is 2.74. The van der Waals surface area contributed by atoms with Crippen molar-refractivity contribution in [3.63, 3.8) is 0 Å². The number of fused-ring (bicyclic) bond motifs is 8. The summed E-state index contributed by atoms with van der Waals surface area (Å²) in [5, 5.41) is 10.5. The van der Waals surface area contributed by atoms with Gasteiger partial charge in [0.2, 0.25) is 0 Å². The molecule has 0 saturated carbocycles. The van der Waals surface area contributed by atoms with Crippen LogP contribution in [0.4, 0.5) is 0 Å². The summed E-state index contributed by atoms with van der Waals surface area (Å²) in [5.41, 5.74) is 7.65. The Balaban J connectivity index is 1.81. The van der Waals surface area contributed by atoms with E-state index < -0.39 is 0 Å². The molecule has 0 fully saturated rings. The van der Waals surface area contributed by atoms with E-state index in [2.05, 4.69) is 116 Å². The molecular weight excluding hydrogens is 468 g/mol. The normalized spacial score (nSPS) is 13.0. The molecule has 4 heterocycles. The summed E-state index contributed by atoms with van der Waals surface area (Å²) >= 11 is 4.01. The van der Waals surface area contributed by atoms with Crippen molar-refractivity contribution in [1.82, 2.24) is 8.80 Å². The topological polar surface area (TPSA) is 8.82 Å². The third-order valence-electron chi connectivity index (χ3n) is 7.62. The SMILES string of the molecule is Brc1cc2c3cccc4c5ccccc5n(c34)c3c2c2cccc4c5ccccc5n(c13)c42. The number of nitrogens with zero attached hydrogens (tertiary/aromatic N) is 2. The standard InChI is InChI=1S/C30H15BrN2/c31-23-15-22-20-11-5-9-18-16-7-2-4-14-25(16)33(27(18)20)30-26(22)21-12-6-10-19-17-8-1-3-13-24(17)32(28(19)21)29(23)30/h1-15H. The van der Waals surface area contributed by atoms with Gasteiger partial charge in [0.25, 0.3) is 0 Å². The quantitative estimate of drug-likeness (QED) is 0.151. The van der Waals surface area contributed by atoms with Crippen molar-refractivity contribution < 1.29 is 0 Å². The van der Waals surface area contributed by atoms with Gasteiger partial charge in [-0.15, -0.1) is 0 Å². The smallest absolute Gasteiger partial charge is 0.0853 e. The van der Waals surface area contributed by atoms with Crippen molar-refractivity contribution in [3.8, 4) is 0 Å². The van der Waals surface area contributed by atoms with E-state index >= 15 is 0 Å². The molecule has 0 unspecified atom stereocenters. The number of benzene rings is 5. The Morgan fingerprint density at radius 1 is 0.424 bits per heavy atom. The average Bonchev–Trinajstić information content (AvgIpc) is 3.37. The largest absolute Gasteiger partial charge is 0.306 e. The van der Waals surface area contributed by atoms with E-state index in [1.807, 2.05) is 0 Å². The van der Waals surface area contributed by atoms with Crippen LogP contribution in [0, 0.1) is 0 Å². The van der Waals surface area contributed by atoms with Gasteiger partial charge in [0.15, 0.2) is 0 Å². The molecule has 0 amide bonds. The summed E-state index contributed by atoms with van der Waals surface area (Å²) < 4.78 is 6.12. The van der Waals surface area contributed by atoms with Crippen molar-refractivity contribution in [1.29, 1.82) is 0 Å². The lowest BCUT2D eigenvalue weighted by Crippen LogP contribution is -2.00. The van der Waals surface area contributed by atoms with Gasteiger partial charge >= 0.3 is 0 Å². The highest BCUT2D eigenvalue weighted by molar-refractivity contribution is 9.10. The Morgan fingerprint density at radius 3 is 1.58 bits per heavy atom. The van der Waals surface area contributed by atoms with Gasteiger partial charge in [0.05, 0.1) is 33.1 Å². The highest BCUT2D eigenvalue weighted by Gasteiger charge is 2.25. The van der Waals surface area contributed by atoms with Gasteiger partial charge in [-0.05, 0) is 39.5 Å². The van der Waals surface area contributed by atoms with Crippen LogP contribution in [0.5, 0.6) is 0 Å². The molecule has 9 rings (SSSR count). The fraction of sp³-hybridized carbons (Fsp3) is 0. The van der Waals surface area contributed by atoms with Crippen LogP contribution in [0.15, 0.2) is 95.5 Å². The van der Waals surface area contributed by atoms with Crippen molar-refractivity contribution in [2.45, 2.75) is 0 Å². The Bertz CT molecular complexity index is 2250. The lowest BCUT2D eigenvalue weighted by Gasteiger charge is -2.19. The molecule has 9 aromatic rings. The van der Waals surface area contributed by atoms with Gasteiger partial charge in [-0.3, -0.25) is 0 Å². The lowest BCUT2D eigenvalue weighted by atomic mass is 9.97. The highest BCUT2D eigenvalue weighted by atomic mass is 79.9. The molecule has 0 atom stereocenters. The number of hydrogen-bond acceptors (Lipinski definition) is 0. The van der Waals surface area contributed by atoms with Gasteiger partial charge in [0, 0.05) is 42.2 Å². The molecule has 5 aromatic carbocycles. The third kappa shape index (κ3) is 1.71. The maximum absolute atomic E-state index is 4.01. The van der Waals surface area contributed by atoms with E-state index in [0.29, 0.717) is 0 Å². The van der Waals surface area contributed by atoms with E-state index in [9.17, 15) is 0 Å². The zero-order valence-electron chi connectivity index (χ0n) is 17.4. The number of para-hydroxylation sites is 4. The molecular formula is C30H15BrN2. The molecule has 4 bridgehead atoms. The van der Waals surface area contributed by atoms with Crippen molar-refractivity contribution in [3.05, 3.63) is 95.5 Å². The molecule has 0 aliphatic rings. The monoisotopic (exact) mass is 482 g/mol. The van der Waals surface area contributed by atoms with Gasteiger partial charge < -0.3 is 8.80 Å². The summed E-state index contributed by atoms with van der Waals surface area (Å²) in [4.78, 5) is 0. The fourth-order valence-electron chi connectivity index (χ4n) is 6.46. The van der Waals surface area contributed by atoms with Crippen LogP contribution in [0.25, 0.3) is 76.2 Å². The second kappa shape index (κ2) is 5.38. The first-order chi connectivity index (χ1) is 16.3. The molecule has 0 aliphatic carbocycles. The zero-order chi connectivity index (χ0) is 21.4. The molecule has 152 valence electrons. The zero-order valence-corrected chi connectivity index (χ0v) is 19.0. The Morgan fingerprint density at radius 2 is 0.909 bits per heavy atom. The summed E-state index contributed by atoms with van der Waals surface area (Å²) in [6, 6.07) is 33.5. The molecule has 0 aliphatic heterocycles. The minimum Gasteiger partial charge on any atom is -0.306 e. The van der Waals surface area contributed by atoms with Crippen LogP contribution < -0.4 is 0 Å². The maximum atomic E-state index is 4.01. The summed E-state index contributed by atoms with van der Waals surface area (Å²) in [5.74, 6) is 0. The fourth-order valence-corrected chi connectivity index (χ4v) is 7.06. The molecule has 0 spiro atoms. The molecule has 2 nitrogen and oxygen atoms in total. The predicted octanol–water partition coefficient (Wildman–Crippen LogP) is 8.75. The van der Waals surface area contributed by atoms with Crippen LogP contribution in [-0.2, 0) is 0 Å². The van der Waals surface area contributed by atoms with E-state index in [0.717, 1.165) is 4.47 Å². The van der Waals surface area contributed by atoms with Crippen LogP contribution >= 0.6 is 15.9 Å². The summed E-state index contributed by atoms with van der Waals surface area (Å²) in [6.07, 6.45) is 0. The molecule has 3 heteroatoms. The Hall–Kier alpha value is -3.82. The molecule has 0 N–H and O–H groups in total. The predicted molar refractivity (Wildman–Crippen MR) is 143 cm³/mol. The number of aromatic nitrogens is 2. The minimum absolute atomic E-state index is 1.13. The average molecular weight is 483 g/mol. The molecule has 0 saturated heterocycles. The van der Waals surface area contributed by atoms with E-state index in [4.69, 9.17) is 0 Å². The number of hydrogen-bond donors (Lipinski definition) is 0. The highest BCUT2D eigenvalue weighted by Crippen LogP contribution is 2.48. The first-order valence-electron chi connectivity index (χ1n) is 11.3. The first kappa shape index (κ1) is 16.8. The second-order valence-electron chi connectivity index (χ2n) is 9.09. The Labute approximate surface area is 196 Å². The summed E-state index contributed by atoms with van der Waals surface area (Å²) in [7, 11) is 0. The van der Waals surface area contributed by atoms with Crippen LogP contribution in [-0.4, -0.2) is 8.80 Å². The second-order valence-corrected chi connectivity index (χ2v) is 9.94. The van der Waals surface area contributed by atoms with Gasteiger partial charge in [-0.25, -0.2) is 0 Å². The van der Waals surface area contributed by atoms with Gasteiger partial charge in [-0.1, -0.05) is 72.8 Å². The minimum atomic E-state index is 1.13. The van der Waals surface area contributed by atoms with Crippen LogP contribution in [0.1, 0.15) is 0 Å². The number of rotatable bonds is 0. The first-order valence-corrected chi connectivity index (χ1v) is 12.0. The molecule has 33 heavy (non-hydrogen) atoms. The van der Waals surface area contributed by atoms with Crippen molar-refractivity contribution >= 4 is 92.1 Å². The summed E-state index contributed by atoms with van der Waals surface area (Å²) in [6.45, 7) is 0. The van der Waals surface area contributed by atoms with Crippen LogP contribution in [0.2, 0.25) is 0 Å².